The summed E-state index contributed by atoms with van der Waals surface area (Å²) in [4.78, 5) is 18.9. The van der Waals surface area contributed by atoms with Gasteiger partial charge in [-0.15, -0.1) is 0 Å². The first-order valence-electron chi connectivity index (χ1n) is 8.28. The summed E-state index contributed by atoms with van der Waals surface area (Å²) < 4.78 is 16.2. The molecule has 0 unspecified atom stereocenters. The normalized spacial score (nSPS) is 17.2. The lowest BCUT2D eigenvalue weighted by Crippen LogP contribution is -2.44. The van der Waals surface area contributed by atoms with Crippen molar-refractivity contribution in [3.8, 4) is 11.7 Å². The SMILES string of the molecule is COCC1(C)CCN(C(=O)Cc2nc(-c3ccco3)oc2C)CC1. The minimum absolute atomic E-state index is 0.0943. The number of furan rings is 1. The van der Waals surface area contributed by atoms with Crippen LogP contribution in [0.1, 0.15) is 31.2 Å². The second-order valence-corrected chi connectivity index (χ2v) is 6.80. The fourth-order valence-electron chi connectivity index (χ4n) is 3.14. The number of likely N-dealkylation sites (tertiary alicyclic amines) is 1. The summed E-state index contributed by atoms with van der Waals surface area (Å²) in [6, 6.07) is 3.57. The van der Waals surface area contributed by atoms with Crippen molar-refractivity contribution in [2.24, 2.45) is 5.41 Å². The molecular formula is C18H24N2O4. The van der Waals surface area contributed by atoms with Crippen molar-refractivity contribution >= 4 is 5.91 Å². The molecule has 0 aromatic carbocycles. The van der Waals surface area contributed by atoms with Crippen LogP contribution in [0.25, 0.3) is 11.7 Å². The van der Waals surface area contributed by atoms with Gasteiger partial charge >= 0.3 is 0 Å². The molecule has 1 fully saturated rings. The maximum atomic E-state index is 12.6. The molecule has 130 valence electrons. The van der Waals surface area contributed by atoms with Gasteiger partial charge in [-0.05, 0) is 37.3 Å². The molecule has 24 heavy (non-hydrogen) atoms. The Morgan fingerprint density at radius 1 is 1.42 bits per heavy atom. The molecule has 3 heterocycles. The molecule has 0 spiro atoms. The zero-order valence-corrected chi connectivity index (χ0v) is 14.5. The number of amides is 1. The second-order valence-electron chi connectivity index (χ2n) is 6.80. The Kier molecular flexibility index (Phi) is 4.76. The summed E-state index contributed by atoms with van der Waals surface area (Å²) in [5.74, 6) is 1.75. The molecule has 1 aliphatic rings. The van der Waals surface area contributed by atoms with Crippen molar-refractivity contribution in [3.63, 3.8) is 0 Å². The molecule has 0 aliphatic carbocycles. The Morgan fingerprint density at radius 3 is 2.79 bits per heavy atom. The van der Waals surface area contributed by atoms with Crippen LogP contribution in [0.2, 0.25) is 0 Å². The fourth-order valence-corrected chi connectivity index (χ4v) is 3.14. The lowest BCUT2D eigenvalue weighted by atomic mass is 9.81. The fraction of sp³-hybridized carbons (Fsp3) is 0.556. The topological polar surface area (TPSA) is 68.7 Å². The number of aromatic nitrogens is 1. The quantitative estimate of drug-likeness (QED) is 0.842. The predicted molar refractivity (Wildman–Crippen MR) is 88.4 cm³/mol. The molecule has 0 bridgehead atoms. The van der Waals surface area contributed by atoms with Crippen LogP contribution in [-0.2, 0) is 16.0 Å². The van der Waals surface area contributed by atoms with Crippen LogP contribution in [0.5, 0.6) is 0 Å². The van der Waals surface area contributed by atoms with Crippen molar-refractivity contribution in [2.45, 2.75) is 33.1 Å². The van der Waals surface area contributed by atoms with Gasteiger partial charge in [0.25, 0.3) is 5.89 Å². The predicted octanol–water partition coefficient (Wildman–Crippen LogP) is 3.06. The van der Waals surface area contributed by atoms with Crippen LogP contribution in [0, 0.1) is 12.3 Å². The third kappa shape index (κ3) is 3.53. The van der Waals surface area contributed by atoms with E-state index in [1.54, 1.807) is 25.5 Å². The van der Waals surface area contributed by atoms with E-state index in [2.05, 4.69) is 11.9 Å². The van der Waals surface area contributed by atoms with E-state index in [-0.39, 0.29) is 17.7 Å². The average molecular weight is 332 g/mol. The first-order chi connectivity index (χ1) is 11.5. The molecule has 1 saturated heterocycles. The lowest BCUT2D eigenvalue weighted by Gasteiger charge is -2.38. The maximum Gasteiger partial charge on any atom is 0.263 e. The Hall–Kier alpha value is -2.08. The van der Waals surface area contributed by atoms with Crippen molar-refractivity contribution in [1.82, 2.24) is 9.88 Å². The first-order valence-corrected chi connectivity index (χ1v) is 8.28. The highest BCUT2D eigenvalue weighted by molar-refractivity contribution is 5.78. The minimum atomic E-state index is 0.0943. The van der Waals surface area contributed by atoms with Crippen molar-refractivity contribution in [3.05, 3.63) is 29.9 Å². The molecule has 0 N–H and O–H groups in total. The summed E-state index contributed by atoms with van der Waals surface area (Å²) in [7, 11) is 1.73. The Balaban J connectivity index is 1.62. The summed E-state index contributed by atoms with van der Waals surface area (Å²) in [5.41, 5.74) is 0.846. The van der Waals surface area contributed by atoms with Crippen LogP contribution in [0.4, 0.5) is 0 Å². The Labute approximate surface area is 141 Å². The van der Waals surface area contributed by atoms with Gasteiger partial charge in [0.15, 0.2) is 5.76 Å². The standard InChI is InChI=1S/C18H24N2O4/c1-13-14(19-17(24-13)15-5-4-10-23-15)11-16(21)20-8-6-18(2,7-9-20)12-22-3/h4-5,10H,6-9,11-12H2,1-3H3. The number of oxazole rings is 1. The summed E-state index contributed by atoms with van der Waals surface area (Å²) in [5, 5.41) is 0. The smallest absolute Gasteiger partial charge is 0.263 e. The van der Waals surface area contributed by atoms with Crippen LogP contribution in [-0.4, -0.2) is 42.6 Å². The molecule has 1 amide bonds. The largest absolute Gasteiger partial charge is 0.459 e. The van der Waals surface area contributed by atoms with Crippen molar-refractivity contribution < 1.29 is 18.4 Å². The monoisotopic (exact) mass is 332 g/mol. The minimum Gasteiger partial charge on any atom is -0.459 e. The molecule has 0 radical (unpaired) electrons. The van der Waals surface area contributed by atoms with E-state index in [0.29, 0.717) is 23.1 Å². The van der Waals surface area contributed by atoms with Gasteiger partial charge in [0, 0.05) is 20.2 Å². The van der Waals surface area contributed by atoms with E-state index in [0.717, 1.165) is 32.5 Å². The van der Waals surface area contributed by atoms with Crippen LogP contribution >= 0.6 is 0 Å². The highest BCUT2D eigenvalue weighted by atomic mass is 16.5. The first kappa shape index (κ1) is 16.8. The molecule has 2 aromatic heterocycles. The van der Waals surface area contributed by atoms with E-state index < -0.39 is 0 Å². The van der Waals surface area contributed by atoms with Gasteiger partial charge in [-0.1, -0.05) is 6.92 Å². The number of nitrogens with zero attached hydrogens (tertiary/aromatic N) is 2. The van der Waals surface area contributed by atoms with E-state index >= 15 is 0 Å². The molecule has 6 heteroatoms. The lowest BCUT2D eigenvalue weighted by molar-refractivity contribution is -0.133. The van der Waals surface area contributed by atoms with Crippen LogP contribution in [0.3, 0.4) is 0 Å². The number of rotatable bonds is 5. The molecule has 0 saturated carbocycles. The number of ether oxygens (including phenoxy) is 1. The number of methoxy groups -OCH3 is 1. The van der Waals surface area contributed by atoms with E-state index in [1.807, 2.05) is 11.8 Å². The van der Waals surface area contributed by atoms with Crippen molar-refractivity contribution in [1.29, 1.82) is 0 Å². The maximum absolute atomic E-state index is 12.6. The zero-order chi connectivity index (χ0) is 17.2. The number of carbonyl (C=O) groups is 1. The van der Waals surface area contributed by atoms with Gasteiger partial charge in [0.2, 0.25) is 5.91 Å². The van der Waals surface area contributed by atoms with Crippen molar-refractivity contribution in [2.75, 3.05) is 26.8 Å². The highest BCUT2D eigenvalue weighted by Crippen LogP contribution is 2.31. The third-order valence-corrected chi connectivity index (χ3v) is 4.76. The van der Waals surface area contributed by atoms with E-state index in [4.69, 9.17) is 13.6 Å². The number of aryl methyl sites for hydroxylation is 1. The Bertz CT molecular complexity index is 682. The number of piperidine rings is 1. The van der Waals surface area contributed by atoms with Gasteiger partial charge in [-0.3, -0.25) is 4.79 Å². The summed E-state index contributed by atoms with van der Waals surface area (Å²) >= 11 is 0. The van der Waals surface area contributed by atoms with Gasteiger partial charge in [0.05, 0.1) is 25.0 Å². The average Bonchev–Trinajstić information content (AvgIpc) is 3.18. The molecule has 0 atom stereocenters. The van der Waals surface area contributed by atoms with E-state index in [1.165, 1.54) is 0 Å². The molecule has 6 nitrogen and oxygen atoms in total. The summed E-state index contributed by atoms with van der Waals surface area (Å²) in [6.45, 7) is 6.31. The molecule has 1 aliphatic heterocycles. The van der Waals surface area contributed by atoms with Gasteiger partial charge in [0.1, 0.15) is 5.76 Å². The molecular weight excluding hydrogens is 308 g/mol. The highest BCUT2D eigenvalue weighted by Gasteiger charge is 2.32. The number of hydrogen-bond donors (Lipinski definition) is 0. The third-order valence-electron chi connectivity index (χ3n) is 4.76. The number of carbonyl (C=O) groups excluding carboxylic acids is 1. The Morgan fingerprint density at radius 2 is 2.17 bits per heavy atom. The summed E-state index contributed by atoms with van der Waals surface area (Å²) in [6.07, 6.45) is 3.76. The van der Waals surface area contributed by atoms with Gasteiger partial charge < -0.3 is 18.5 Å². The molecule has 3 rings (SSSR count). The number of hydrogen-bond acceptors (Lipinski definition) is 5. The van der Waals surface area contributed by atoms with Gasteiger partial charge in [-0.2, -0.15) is 0 Å². The van der Waals surface area contributed by atoms with Crippen LogP contribution in [0.15, 0.2) is 27.2 Å². The second kappa shape index (κ2) is 6.81. The zero-order valence-electron chi connectivity index (χ0n) is 14.5. The van der Waals surface area contributed by atoms with E-state index in [9.17, 15) is 4.79 Å². The molecule has 2 aromatic rings. The van der Waals surface area contributed by atoms with Gasteiger partial charge in [-0.25, -0.2) is 4.98 Å². The van der Waals surface area contributed by atoms with Crippen LogP contribution < -0.4 is 0 Å².